The van der Waals surface area contributed by atoms with E-state index in [4.69, 9.17) is 5.11 Å². The molecule has 0 aliphatic heterocycles. The van der Waals surface area contributed by atoms with Gasteiger partial charge < -0.3 is 10.2 Å². The van der Waals surface area contributed by atoms with Crippen molar-refractivity contribution in [1.82, 2.24) is 0 Å². The molecule has 0 saturated carbocycles. The van der Waals surface area contributed by atoms with E-state index in [0.29, 0.717) is 5.75 Å². The first-order chi connectivity index (χ1) is 8.86. The van der Waals surface area contributed by atoms with Gasteiger partial charge in [0, 0.05) is 6.61 Å². The lowest BCUT2D eigenvalue weighted by atomic mass is 9.83. The van der Waals surface area contributed by atoms with Crippen molar-refractivity contribution in [3.63, 3.8) is 0 Å². The number of phenols is 1. The fourth-order valence-electron chi connectivity index (χ4n) is 2.40. The molecule has 0 heterocycles. The third-order valence-corrected chi connectivity index (χ3v) is 3.50. The first-order valence-electron chi connectivity index (χ1n) is 7.30. The summed E-state index contributed by atoms with van der Waals surface area (Å²) < 4.78 is 0. The molecule has 2 N–H and O–H groups in total. The summed E-state index contributed by atoms with van der Waals surface area (Å²) in [5.74, 6) is 0.472. The molecule has 0 aliphatic rings. The summed E-state index contributed by atoms with van der Waals surface area (Å²) in [4.78, 5) is 0. The maximum Gasteiger partial charge on any atom is 0.122 e. The summed E-state index contributed by atoms with van der Waals surface area (Å²) in [5, 5.41) is 19.2. The zero-order valence-corrected chi connectivity index (χ0v) is 12.8. The maximum absolute atomic E-state index is 10.4. The van der Waals surface area contributed by atoms with Crippen LogP contribution in [-0.2, 0) is 11.8 Å². The normalized spacial score (nSPS) is 11.8. The molecule has 0 unspecified atom stereocenters. The summed E-state index contributed by atoms with van der Waals surface area (Å²) in [7, 11) is 0. The average Bonchev–Trinajstić information content (AvgIpc) is 2.31. The van der Waals surface area contributed by atoms with Crippen LogP contribution in [0, 0.1) is 6.92 Å². The Morgan fingerprint density at radius 3 is 2.21 bits per heavy atom. The van der Waals surface area contributed by atoms with Crippen LogP contribution in [0.15, 0.2) is 12.1 Å². The number of benzene rings is 1. The number of aliphatic hydroxyl groups is 1. The van der Waals surface area contributed by atoms with Crippen molar-refractivity contribution in [2.24, 2.45) is 0 Å². The van der Waals surface area contributed by atoms with E-state index >= 15 is 0 Å². The molecule has 0 aliphatic carbocycles. The predicted octanol–water partition coefficient (Wildman–Crippen LogP) is 4.09. The Morgan fingerprint density at radius 1 is 1.00 bits per heavy atom. The van der Waals surface area contributed by atoms with Crippen LogP contribution in [0.2, 0.25) is 0 Å². The maximum atomic E-state index is 10.4. The molecule has 2 heteroatoms. The minimum absolute atomic E-state index is 0.0260. The number of rotatable bonds is 6. The van der Waals surface area contributed by atoms with Gasteiger partial charge in [-0.15, -0.1) is 0 Å². The monoisotopic (exact) mass is 264 g/mol. The van der Waals surface area contributed by atoms with E-state index < -0.39 is 0 Å². The second kappa shape index (κ2) is 6.95. The molecule has 0 aromatic heterocycles. The fraction of sp³-hybridized carbons (Fsp3) is 0.647. The summed E-state index contributed by atoms with van der Waals surface area (Å²) in [6, 6.07) is 4.18. The minimum Gasteiger partial charge on any atom is -0.507 e. The van der Waals surface area contributed by atoms with Crippen LogP contribution < -0.4 is 0 Å². The standard InChI is InChI=1S/C17H28O2/c1-13-11-14(9-7-5-6-8-10-18)16(19)15(12-13)17(2,3)4/h11-12,18-19H,5-10H2,1-4H3. The molecule has 0 radical (unpaired) electrons. The van der Waals surface area contributed by atoms with Crippen molar-refractivity contribution in [2.45, 2.75) is 65.2 Å². The van der Waals surface area contributed by atoms with Crippen molar-refractivity contribution in [3.8, 4) is 5.75 Å². The lowest BCUT2D eigenvalue weighted by Gasteiger charge is -2.23. The number of aliphatic hydroxyl groups excluding tert-OH is 1. The Morgan fingerprint density at radius 2 is 1.63 bits per heavy atom. The van der Waals surface area contributed by atoms with Crippen LogP contribution in [0.4, 0.5) is 0 Å². The zero-order valence-electron chi connectivity index (χ0n) is 12.8. The zero-order chi connectivity index (χ0) is 14.5. The molecule has 0 amide bonds. The Labute approximate surface area is 117 Å². The molecule has 0 bridgehead atoms. The van der Waals surface area contributed by atoms with E-state index in [2.05, 4.69) is 39.8 Å². The van der Waals surface area contributed by atoms with Crippen molar-refractivity contribution < 1.29 is 10.2 Å². The first kappa shape index (κ1) is 16.0. The fourth-order valence-corrected chi connectivity index (χ4v) is 2.40. The third kappa shape index (κ3) is 4.87. The minimum atomic E-state index is -0.0260. The molecule has 0 spiro atoms. The topological polar surface area (TPSA) is 40.5 Å². The Hall–Kier alpha value is -1.02. The van der Waals surface area contributed by atoms with Crippen molar-refractivity contribution in [3.05, 3.63) is 28.8 Å². The number of hydrogen-bond donors (Lipinski definition) is 2. The molecular weight excluding hydrogens is 236 g/mol. The second-order valence-electron chi connectivity index (χ2n) is 6.46. The van der Waals surface area contributed by atoms with Crippen molar-refractivity contribution in [2.75, 3.05) is 6.61 Å². The van der Waals surface area contributed by atoms with Crippen molar-refractivity contribution >= 4 is 0 Å². The number of hydrogen-bond acceptors (Lipinski definition) is 2. The van der Waals surface area contributed by atoms with Gasteiger partial charge in [0.1, 0.15) is 5.75 Å². The first-order valence-corrected chi connectivity index (χ1v) is 7.30. The summed E-state index contributed by atoms with van der Waals surface area (Å²) in [5.41, 5.74) is 3.29. The third-order valence-electron chi connectivity index (χ3n) is 3.50. The molecular formula is C17H28O2. The van der Waals surface area contributed by atoms with Gasteiger partial charge in [-0.2, -0.15) is 0 Å². The molecule has 0 fully saturated rings. The number of unbranched alkanes of at least 4 members (excludes halogenated alkanes) is 3. The van der Waals surface area contributed by atoms with E-state index in [1.54, 1.807) is 0 Å². The van der Waals surface area contributed by atoms with Gasteiger partial charge in [-0.3, -0.25) is 0 Å². The van der Waals surface area contributed by atoms with Gasteiger partial charge in [-0.25, -0.2) is 0 Å². The highest BCUT2D eigenvalue weighted by Crippen LogP contribution is 2.35. The number of aryl methyl sites for hydroxylation is 2. The van der Waals surface area contributed by atoms with Crippen molar-refractivity contribution in [1.29, 1.82) is 0 Å². The average molecular weight is 264 g/mol. The molecule has 2 nitrogen and oxygen atoms in total. The second-order valence-corrected chi connectivity index (χ2v) is 6.46. The van der Waals surface area contributed by atoms with Crippen LogP contribution >= 0.6 is 0 Å². The van der Waals surface area contributed by atoms with Gasteiger partial charge in [-0.1, -0.05) is 51.3 Å². The Kier molecular flexibility index (Phi) is 5.86. The number of aromatic hydroxyl groups is 1. The smallest absolute Gasteiger partial charge is 0.122 e. The van der Waals surface area contributed by atoms with Gasteiger partial charge in [0.15, 0.2) is 0 Å². The summed E-state index contributed by atoms with van der Waals surface area (Å²) in [6.07, 6.45) is 5.05. The van der Waals surface area contributed by atoms with E-state index in [9.17, 15) is 5.11 Å². The largest absolute Gasteiger partial charge is 0.507 e. The molecule has 1 aromatic carbocycles. The van der Waals surface area contributed by atoms with Gasteiger partial charge in [0.05, 0.1) is 0 Å². The molecule has 1 aromatic rings. The lowest BCUT2D eigenvalue weighted by molar-refractivity contribution is 0.282. The van der Waals surface area contributed by atoms with Gasteiger partial charge in [0.25, 0.3) is 0 Å². The molecule has 0 atom stereocenters. The molecule has 0 saturated heterocycles. The highest BCUT2D eigenvalue weighted by Gasteiger charge is 2.20. The SMILES string of the molecule is Cc1cc(CCCCCCO)c(O)c(C(C)(C)C)c1. The number of phenolic OH excluding ortho intramolecular Hbond substituents is 1. The van der Waals surface area contributed by atoms with Gasteiger partial charge >= 0.3 is 0 Å². The van der Waals surface area contributed by atoms with Crippen LogP contribution in [-0.4, -0.2) is 16.8 Å². The highest BCUT2D eigenvalue weighted by molar-refractivity contribution is 5.46. The molecule has 19 heavy (non-hydrogen) atoms. The Bertz CT molecular complexity index is 402. The van der Waals surface area contributed by atoms with Crippen LogP contribution in [0.5, 0.6) is 5.75 Å². The summed E-state index contributed by atoms with van der Waals surface area (Å²) in [6.45, 7) is 8.76. The van der Waals surface area contributed by atoms with Crippen LogP contribution in [0.3, 0.4) is 0 Å². The van der Waals surface area contributed by atoms with E-state index in [1.807, 2.05) is 0 Å². The van der Waals surface area contributed by atoms with Crippen LogP contribution in [0.25, 0.3) is 0 Å². The van der Waals surface area contributed by atoms with Crippen LogP contribution in [0.1, 0.15) is 63.1 Å². The van der Waals surface area contributed by atoms with E-state index in [1.165, 1.54) is 5.56 Å². The highest BCUT2D eigenvalue weighted by atomic mass is 16.3. The van der Waals surface area contributed by atoms with E-state index in [0.717, 1.165) is 43.2 Å². The molecule has 1 rings (SSSR count). The van der Waals surface area contributed by atoms with E-state index in [-0.39, 0.29) is 12.0 Å². The Balaban J connectivity index is 2.76. The lowest BCUT2D eigenvalue weighted by Crippen LogP contribution is -2.12. The van der Waals surface area contributed by atoms with Gasteiger partial charge in [0.2, 0.25) is 0 Å². The predicted molar refractivity (Wildman–Crippen MR) is 80.8 cm³/mol. The molecule has 108 valence electrons. The van der Waals surface area contributed by atoms with Gasteiger partial charge in [-0.05, 0) is 42.7 Å². The quantitative estimate of drug-likeness (QED) is 0.760. The summed E-state index contributed by atoms with van der Waals surface area (Å²) >= 11 is 0.